The molecule has 26 heteroatoms. The van der Waals surface area contributed by atoms with E-state index in [0.29, 0.717) is 51.7 Å². The maximum absolute atomic E-state index is 14.3. The standard InChI is InChI=1S/C55H60B2ClN7O14S2/c1-55(2,3)76-54(71)62-53-60-39(31-81-53)42(63-79-45(52(70)78-57)34-11-7-6-8-12-34)48(67)61-43-49(68)64-44(51(69)77-56)35(30-80-50(43)64)27-65(24-9-10-25-65)26-23-59-47(66)38-21-22-40(74-28-32-13-17-36(72-4)18-14-32)46(41(38)58)75-29-33-15-19-37(73-5)20-16-33/h6-8,11-22,31,43,45,50H,9-10,23-30,56-57H2,1-5H3,(H2-,59,60,61,62,66,67,71)/p+1/b63-42-/t43-,45+,50-/m1/s1. The zero-order valence-corrected chi connectivity index (χ0v) is 48.1. The molecule has 0 unspecified atom stereocenters. The van der Waals surface area contributed by atoms with Gasteiger partial charge in [-0.05, 0) is 68.3 Å². The second-order valence-electron chi connectivity index (χ2n) is 20.0. The fourth-order valence-electron chi connectivity index (χ4n) is 9.31. The van der Waals surface area contributed by atoms with Crippen molar-refractivity contribution in [3.8, 4) is 23.0 Å². The van der Waals surface area contributed by atoms with Gasteiger partial charge in [-0.3, -0.25) is 24.6 Å². The number of likely N-dealkylation sites (tertiary alicyclic amines) is 1. The summed E-state index contributed by atoms with van der Waals surface area (Å²) >= 11 is 9.35. The summed E-state index contributed by atoms with van der Waals surface area (Å²) in [5.41, 5.74) is 1.75. The van der Waals surface area contributed by atoms with Crippen molar-refractivity contribution < 1.29 is 71.1 Å². The smallest absolute Gasteiger partial charge is 0.413 e. The van der Waals surface area contributed by atoms with Crippen molar-refractivity contribution in [2.75, 3.05) is 58.0 Å². The number of benzene rings is 4. The van der Waals surface area contributed by atoms with Gasteiger partial charge in [-0.1, -0.05) is 71.4 Å². The van der Waals surface area contributed by atoms with E-state index in [4.69, 9.17) is 49.4 Å². The number of thiazole rings is 1. The van der Waals surface area contributed by atoms with Crippen LogP contribution in [0.3, 0.4) is 0 Å². The number of oxime groups is 1. The van der Waals surface area contributed by atoms with Crippen LogP contribution in [0.5, 0.6) is 23.0 Å². The number of anilines is 1. The van der Waals surface area contributed by atoms with Gasteiger partial charge < -0.3 is 52.9 Å². The molecule has 0 aliphatic carbocycles. The van der Waals surface area contributed by atoms with Crippen LogP contribution in [-0.2, 0) is 51.3 Å². The van der Waals surface area contributed by atoms with Crippen LogP contribution in [0.25, 0.3) is 0 Å². The third-order valence-corrected chi connectivity index (χ3v) is 15.8. The number of nitrogens with one attached hydrogen (secondary N) is 3. The topological polar surface area (TPSA) is 241 Å². The van der Waals surface area contributed by atoms with E-state index in [1.165, 1.54) is 38.1 Å². The Hall–Kier alpha value is -7.73. The van der Waals surface area contributed by atoms with Crippen molar-refractivity contribution in [2.45, 2.75) is 69.9 Å². The number of amides is 4. The summed E-state index contributed by atoms with van der Waals surface area (Å²) < 4.78 is 39.2. The first-order chi connectivity index (χ1) is 38.9. The molecule has 2 fully saturated rings. The maximum Gasteiger partial charge on any atom is 0.413 e. The van der Waals surface area contributed by atoms with Gasteiger partial charge in [0.15, 0.2) is 22.3 Å². The second kappa shape index (κ2) is 26.7. The molecule has 0 spiro atoms. The van der Waals surface area contributed by atoms with Gasteiger partial charge in [0.25, 0.3) is 17.7 Å². The zero-order valence-electron chi connectivity index (χ0n) is 45.7. The first-order valence-electron chi connectivity index (χ1n) is 25.8. The molecule has 4 heterocycles. The highest BCUT2D eigenvalue weighted by molar-refractivity contribution is 8.00. The SMILES string of the molecule is BOC(=O)C1=C(C[N+]2(CCNC(=O)c3ccc(OCc4ccc(OC)cc4)c(OCc4ccc(OC)cc4)c3Cl)CCCC2)CS[C@@H]2[C@H](NC(=O)/C(=N\O[C@H](C(=O)OB)c3ccccc3)c3csc(NC(=O)OC(C)(C)C)n3)C(=O)N12. The predicted molar refractivity (Wildman–Crippen MR) is 307 cm³/mol. The monoisotopic (exact) mass is 1160 g/mol. The van der Waals surface area contributed by atoms with Crippen molar-refractivity contribution in [1.29, 1.82) is 0 Å². The molecule has 4 aromatic carbocycles. The highest BCUT2D eigenvalue weighted by Crippen LogP contribution is 2.43. The molecular formula is C55H61B2ClN7O14S2+. The average Bonchev–Trinajstić information content (AvgIpc) is 4.26. The van der Waals surface area contributed by atoms with Crippen LogP contribution in [-0.4, -0.2) is 142 Å². The lowest BCUT2D eigenvalue weighted by Gasteiger charge is -2.50. The Balaban J connectivity index is 0.970. The minimum atomic E-state index is -1.39. The molecule has 5 aromatic rings. The number of quaternary nitrogens is 1. The molecule has 4 amide bonds. The number of rotatable bonds is 23. The molecule has 0 saturated carbocycles. The Kier molecular flexibility index (Phi) is 19.6. The molecule has 2 saturated heterocycles. The molecule has 424 valence electrons. The summed E-state index contributed by atoms with van der Waals surface area (Å²) in [5, 5.41) is 13.3. The van der Waals surface area contributed by atoms with Crippen molar-refractivity contribution in [1.82, 2.24) is 20.5 Å². The first-order valence-corrected chi connectivity index (χ1v) is 28.1. The van der Waals surface area contributed by atoms with Crippen LogP contribution in [0.2, 0.25) is 5.02 Å². The molecule has 81 heavy (non-hydrogen) atoms. The van der Waals surface area contributed by atoms with E-state index < -0.39 is 64.6 Å². The molecule has 3 N–H and O–H groups in total. The quantitative estimate of drug-likeness (QED) is 0.0235. The number of methoxy groups -OCH3 is 2. The molecule has 0 bridgehead atoms. The lowest BCUT2D eigenvalue weighted by molar-refractivity contribution is -0.911. The van der Waals surface area contributed by atoms with Gasteiger partial charge in [-0.25, -0.2) is 19.4 Å². The van der Waals surface area contributed by atoms with E-state index in [9.17, 15) is 28.8 Å². The summed E-state index contributed by atoms with van der Waals surface area (Å²) in [4.78, 5) is 93.4. The van der Waals surface area contributed by atoms with Crippen LogP contribution in [0, 0.1) is 0 Å². The number of ether oxygens (including phenoxy) is 5. The van der Waals surface area contributed by atoms with Gasteiger partial charge in [-0.15, -0.1) is 23.1 Å². The van der Waals surface area contributed by atoms with Crippen molar-refractivity contribution >= 4 is 97.4 Å². The normalized spacial score (nSPS) is 16.9. The van der Waals surface area contributed by atoms with E-state index in [1.54, 1.807) is 77.5 Å². The number of β-lactam (4-membered cyclic amide) rings is 1. The molecular weight excluding hydrogens is 1100 g/mol. The Bertz CT molecular complexity index is 3180. The van der Waals surface area contributed by atoms with E-state index in [0.717, 1.165) is 48.4 Å². The van der Waals surface area contributed by atoms with Gasteiger partial charge in [0.1, 0.15) is 59.7 Å². The van der Waals surface area contributed by atoms with Crippen molar-refractivity contribution in [3.63, 3.8) is 0 Å². The van der Waals surface area contributed by atoms with E-state index in [-0.39, 0.29) is 52.6 Å². The van der Waals surface area contributed by atoms with Crippen LogP contribution >= 0.6 is 34.7 Å². The Morgan fingerprint density at radius 1 is 0.877 bits per heavy atom. The number of nitrogens with zero attached hydrogens (tertiary/aromatic N) is 4. The van der Waals surface area contributed by atoms with E-state index in [2.05, 4.69) is 26.1 Å². The van der Waals surface area contributed by atoms with Gasteiger partial charge in [0.2, 0.25) is 6.10 Å². The minimum Gasteiger partial charge on any atom is -0.540 e. The van der Waals surface area contributed by atoms with Gasteiger partial charge in [0, 0.05) is 35.1 Å². The molecule has 3 atom stereocenters. The zero-order chi connectivity index (χ0) is 57.8. The summed E-state index contributed by atoms with van der Waals surface area (Å²) in [6, 6.07) is 25.3. The number of carbonyl (C=O) groups is 6. The van der Waals surface area contributed by atoms with Crippen LogP contribution < -0.4 is 34.9 Å². The Morgan fingerprint density at radius 3 is 2.15 bits per heavy atom. The third kappa shape index (κ3) is 14.6. The Morgan fingerprint density at radius 2 is 1.53 bits per heavy atom. The number of hydrogen-bond acceptors (Lipinski definition) is 18. The van der Waals surface area contributed by atoms with E-state index >= 15 is 0 Å². The number of carbonyl (C=O) groups excluding carboxylic acids is 6. The summed E-state index contributed by atoms with van der Waals surface area (Å²) in [5.74, 6) is -1.17. The first kappa shape index (κ1) is 59.4. The summed E-state index contributed by atoms with van der Waals surface area (Å²) in [7, 11) is 5.60. The Labute approximate surface area is 483 Å². The number of hydrogen-bond donors (Lipinski definition) is 3. The van der Waals surface area contributed by atoms with E-state index in [1.807, 2.05) is 48.5 Å². The fourth-order valence-corrected chi connectivity index (χ4v) is 11.6. The van der Waals surface area contributed by atoms with Crippen LogP contribution in [0.4, 0.5) is 9.93 Å². The lowest BCUT2D eigenvalue weighted by Crippen LogP contribution is -2.71. The lowest BCUT2D eigenvalue weighted by atomic mass is 10.0. The molecule has 8 rings (SSSR count). The van der Waals surface area contributed by atoms with Crippen LogP contribution in [0.1, 0.15) is 72.5 Å². The third-order valence-electron chi connectivity index (χ3n) is 13.4. The summed E-state index contributed by atoms with van der Waals surface area (Å²) in [6.07, 6.45) is -0.383. The van der Waals surface area contributed by atoms with Gasteiger partial charge >= 0.3 is 34.1 Å². The fraction of sp³-hybridized carbons (Fsp3) is 0.345. The molecule has 1 aromatic heterocycles. The minimum absolute atomic E-state index is 0.0553. The molecule has 3 aliphatic heterocycles. The van der Waals surface area contributed by atoms with Gasteiger partial charge in [0.05, 0.1) is 51.0 Å². The molecule has 3 aliphatic rings. The van der Waals surface area contributed by atoms with Crippen molar-refractivity contribution in [3.05, 3.63) is 141 Å². The van der Waals surface area contributed by atoms with Gasteiger partial charge in [-0.2, -0.15) is 0 Å². The highest BCUT2D eigenvalue weighted by atomic mass is 35.5. The number of halogens is 1. The van der Waals surface area contributed by atoms with Crippen LogP contribution in [0.15, 0.2) is 113 Å². The largest absolute Gasteiger partial charge is 0.540 e. The number of fused-ring (bicyclic) bond motifs is 1. The second-order valence-corrected chi connectivity index (χ2v) is 22.3. The average molecular weight is 1170 g/mol. The van der Waals surface area contributed by atoms with Crippen molar-refractivity contribution in [2.24, 2.45) is 5.16 Å². The number of aromatic nitrogens is 1. The number of thioether (sulfide) groups is 1. The highest BCUT2D eigenvalue weighted by Gasteiger charge is 2.55. The summed E-state index contributed by atoms with van der Waals surface area (Å²) in [6.45, 7) is 8.03. The maximum atomic E-state index is 14.3. The molecule has 21 nitrogen and oxygen atoms in total. The predicted octanol–water partition coefficient (Wildman–Crippen LogP) is 5.66. The molecule has 0 radical (unpaired) electrons.